The molecule has 2 amide bonds. The van der Waals surface area contributed by atoms with Crippen LogP contribution in [-0.4, -0.2) is 39.7 Å². The van der Waals surface area contributed by atoms with Gasteiger partial charge in [-0.2, -0.15) is 5.10 Å². The van der Waals surface area contributed by atoms with Crippen LogP contribution in [0.5, 0.6) is 5.75 Å². The van der Waals surface area contributed by atoms with Gasteiger partial charge in [-0.05, 0) is 49.1 Å². The van der Waals surface area contributed by atoms with Crippen molar-refractivity contribution in [1.82, 2.24) is 25.4 Å². The lowest BCUT2D eigenvalue weighted by Crippen LogP contribution is -2.50. The number of nitrogens with one attached hydrogen (secondary N) is 2. The summed E-state index contributed by atoms with van der Waals surface area (Å²) in [6, 6.07) is 8.17. The Balaban J connectivity index is 1.38. The van der Waals surface area contributed by atoms with Gasteiger partial charge < -0.3 is 19.8 Å². The maximum absolute atomic E-state index is 12.8. The Morgan fingerprint density at radius 3 is 2.67 bits per heavy atom. The molecule has 0 unspecified atom stereocenters. The van der Waals surface area contributed by atoms with Gasteiger partial charge >= 0.3 is 0 Å². The SMILES string of the molecule is CNC(=O)[C@@H](NC(=O)c1ccc(-c2ccc(OCc3ccn(C)n3)cn2)o1)C1CCCCC1. The number of hydrogen-bond acceptors (Lipinski definition) is 6. The highest BCUT2D eigenvalue weighted by Crippen LogP contribution is 2.27. The molecule has 0 spiro atoms. The standard InChI is InChI=1S/C24H29N5O4/c1-25-24(31)22(16-6-4-3-5-7-16)27-23(30)21-11-10-20(33-21)19-9-8-18(14-26-19)32-15-17-12-13-29(2)28-17/h8-14,16,22H,3-7,15H2,1-2H3,(H,25,31)(H,27,30)/t22-/m0/s1. The van der Waals surface area contributed by atoms with Gasteiger partial charge in [-0.3, -0.25) is 14.3 Å². The number of nitrogens with zero attached hydrogens (tertiary/aromatic N) is 3. The topological polar surface area (TPSA) is 111 Å². The molecule has 0 aliphatic heterocycles. The highest BCUT2D eigenvalue weighted by molar-refractivity contribution is 5.96. The first kappa shape index (κ1) is 22.6. The maximum atomic E-state index is 12.8. The number of hydrogen-bond donors (Lipinski definition) is 2. The van der Waals surface area contributed by atoms with E-state index in [2.05, 4.69) is 20.7 Å². The highest BCUT2D eigenvalue weighted by atomic mass is 16.5. The number of pyridine rings is 1. The van der Waals surface area contributed by atoms with E-state index >= 15 is 0 Å². The van der Waals surface area contributed by atoms with E-state index in [9.17, 15) is 9.59 Å². The zero-order valence-electron chi connectivity index (χ0n) is 18.9. The van der Waals surface area contributed by atoms with Crippen molar-refractivity contribution in [2.24, 2.45) is 13.0 Å². The van der Waals surface area contributed by atoms with Crippen molar-refractivity contribution in [2.75, 3.05) is 7.05 Å². The van der Waals surface area contributed by atoms with Gasteiger partial charge in [-0.25, -0.2) is 4.98 Å². The van der Waals surface area contributed by atoms with Crippen LogP contribution < -0.4 is 15.4 Å². The van der Waals surface area contributed by atoms with Gasteiger partial charge in [0.2, 0.25) is 5.91 Å². The second-order valence-corrected chi connectivity index (χ2v) is 8.28. The maximum Gasteiger partial charge on any atom is 0.287 e. The molecule has 174 valence electrons. The highest BCUT2D eigenvalue weighted by Gasteiger charge is 2.31. The Morgan fingerprint density at radius 2 is 2.00 bits per heavy atom. The number of furan rings is 1. The van der Waals surface area contributed by atoms with Crippen LogP contribution in [0.15, 0.2) is 47.1 Å². The molecule has 4 rings (SSSR count). The molecule has 9 heteroatoms. The molecule has 0 saturated heterocycles. The lowest BCUT2D eigenvalue weighted by molar-refractivity contribution is -0.124. The smallest absolute Gasteiger partial charge is 0.287 e. The predicted molar refractivity (Wildman–Crippen MR) is 121 cm³/mol. The molecule has 1 saturated carbocycles. The minimum absolute atomic E-state index is 0.136. The van der Waals surface area contributed by atoms with E-state index in [1.165, 1.54) is 6.42 Å². The first-order valence-electron chi connectivity index (χ1n) is 11.2. The molecule has 1 aliphatic rings. The van der Waals surface area contributed by atoms with E-state index in [1.807, 2.05) is 19.3 Å². The molecule has 3 aromatic heterocycles. The zero-order valence-corrected chi connectivity index (χ0v) is 18.9. The van der Waals surface area contributed by atoms with Gasteiger partial charge in [0, 0.05) is 20.3 Å². The lowest BCUT2D eigenvalue weighted by atomic mass is 9.83. The van der Waals surface area contributed by atoms with Crippen LogP contribution in [0.3, 0.4) is 0 Å². The van der Waals surface area contributed by atoms with Crippen LogP contribution in [0, 0.1) is 5.92 Å². The molecule has 3 heterocycles. The summed E-state index contributed by atoms with van der Waals surface area (Å²) in [5.74, 6) is 0.769. The molecular formula is C24H29N5O4. The average Bonchev–Trinajstić information content (AvgIpc) is 3.51. The van der Waals surface area contributed by atoms with Gasteiger partial charge in [0.1, 0.15) is 24.1 Å². The second-order valence-electron chi connectivity index (χ2n) is 8.28. The molecule has 9 nitrogen and oxygen atoms in total. The third-order valence-electron chi connectivity index (χ3n) is 5.91. The number of carbonyl (C=O) groups is 2. The third kappa shape index (κ3) is 5.60. The zero-order chi connectivity index (χ0) is 23.2. The summed E-state index contributed by atoms with van der Waals surface area (Å²) in [7, 11) is 3.44. The summed E-state index contributed by atoms with van der Waals surface area (Å²) < 4.78 is 13.2. The van der Waals surface area contributed by atoms with E-state index in [-0.39, 0.29) is 17.6 Å². The molecule has 1 aliphatic carbocycles. The van der Waals surface area contributed by atoms with Crippen molar-refractivity contribution in [3.05, 3.63) is 54.2 Å². The van der Waals surface area contributed by atoms with E-state index in [0.717, 1.165) is 31.4 Å². The molecule has 0 aromatic carbocycles. The van der Waals surface area contributed by atoms with Crippen molar-refractivity contribution in [2.45, 2.75) is 44.8 Å². The van der Waals surface area contributed by atoms with Crippen molar-refractivity contribution in [3.8, 4) is 17.2 Å². The molecule has 1 atom stereocenters. The van der Waals surface area contributed by atoms with Gasteiger partial charge in [-0.15, -0.1) is 0 Å². The fourth-order valence-corrected chi connectivity index (χ4v) is 4.14. The Hall–Kier alpha value is -3.62. The number of aryl methyl sites for hydroxylation is 1. The van der Waals surface area contributed by atoms with Crippen LogP contribution in [-0.2, 0) is 18.4 Å². The number of rotatable bonds is 8. The minimum atomic E-state index is -0.565. The predicted octanol–water partition coefficient (Wildman–Crippen LogP) is 3.08. The molecule has 0 radical (unpaired) electrons. The summed E-state index contributed by atoms with van der Waals surface area (Å²) in [4.78, 5) is 29.6. The fraction of sp³-hybridized carbons (Fsp3) is 0.417. The van der Waals surface area contributed by atoms with Crippen molar-refractivity contribution in [1.29, 1.82) is 0 Å². The number of ether oxygens (including phenoxy) is 1. The quantitative estimate of drug-likeness (QED) is 0.544. The lowest BCUT2D eigenvalue weighted by Gasteiger charge is -2.29. The summed E-state index contributed by atoms with van der Waals surface area (Å²) in [5.41, 5.74) is 1.40. The molecule has 33 heavy (non-hydrogen) atoms. The van der Waals surface area contributed by atoms with Crippen molar-refractivity contribution < 1.29 is 18.7 Å². The monoisotopic (exact) mass is 451 g/mol. The van der Waals surface area contributed by atoms with Crippen LogP contribution in [0.25, 0.3) is 11.5 Å². The number of carbonyl (C=O) groups excluding carboxylic acids is 2. The summed E-state index contributed by atoms with van der Waals surface area (Å²) in [6.07, 6.45) is 8.65. The molecular weight excluding hydrogens is 422 g/mol. The molecule has 1 fully saturated rings. The number of amides is 2. The van der Waals surface area contributed by atoms with Crippen molar-refractivity contribution >= 4 is 11.8 Å². The first-order valence-corrected chi connectivity index (χ1v) is 11.2. The number of aromatic nitrogens is 3. The second kappa shape index (κ2) is 10.3. The van der Waals surface area contributed by atoms with Gasteiger partial charge in [-0.1, -0.05) is 19.3 Å². The summed E-state index contributed by atoms with van der Waals surface area (Å²) in [6.45, 7) is 0.348. The van der Waals surface area contributed by atoms with E-state index in [1.54, 1.807) is 42.2 Å². The van der Waals surface area contributed by atoms with Crippen LogP contribution in [0.2, 0.25) is 0 Å². The number of likely N-dealkylation sites (N-methyl/N-ethyl adjacent to an activating group) is 1. The van der Waals surface area contributed by atoms with Crippen LogP contribution >= 0.6 is 0 Å². The Bertz CT molecular complexity index is 1080. The van der Waals surface area contributed by atoms with Gasteiger partial charge in [0.05, 0.1) is 11.9 Å². The van der Waals surface area contributed by atoms with E-state index < -0.39 is 11.9 Å². The van der Waals surface area contributed by atoms with E-state index in [0.29, 0.717) is 23.8 Å². The molecule has 3 aromatic rings. The first-order chi connectivity index (χ1) is 16.0. The summed E-state index contributed by atoms with van der Waals surface area (Å²) in [5, 5.41) is 9.80. The van der Waals surface area contributed by atoms with Gasteiger partial charge in [0.25, 0.3) is 5.91 Å². The Kier molecular flexibility index (Phi) is 7.07. The average molecular weight is 452 g/mol. The van der Waals surface area contributed by atoms with Crippen LogP contribution in [0.1, 0.15) is 48.4 Å². The summed E-state index contributed by atoms with van der Waals surface area (Å²) >= 11 is 0. The molecule has 0 bridgehead atoms. The Labute approximate surface area is 192 Å². The Morgan fingerprint density at radius 1 is 1.18 bits per heavy atom. The normalized spacial score (nSPS) is 15.1. The van der Waals surface area contributed by atoms with Gasteiger partial charge in [0.15, 0.2) is 11.5 Å². The third-order valence-corrected chi connectivity index (χ3v) is 5.91. The fourth-order valence-electron chi connectivity index (χ4n) is 4.14. The molecule has 2 N–H and O–H groups in total. The minimum Gasteiger partial charge on any atom is -0.486 e. The van der Waals surface area contributed by atoms with Crippen molar-refractivity contribution in [3.63, 3.8) is 0 Å². The largest absolute Gasteiger partial charge is 0.486 e. The van der Waals surface area contributed by atoms with E-state index in [4.69, 9.17) is 9.15 Å². The van der Waals surface area contributed by atoms with Crippen LogP contribution in [0.4, 0.5) is 0 Å².